The van der Waals surface area contributed by atoms with E-state index in [0.29, 0.717) is 56.8 Å². The van der Waals surface area contributed by atoms with E-state index in [-0.39, 0.29) is 53.4 Å². The standard InChI is InChI=1S/C99H70B3N7O2/c1-64-52-65(2)99(66(3)53-64)109-88-63-93-83(61-81(88)101-79-49-29-31-51-87(79)108(74-46-26-11-27-47-74)90-56-76(57-91(109)97(90)101)105(69-36-16-6-17-37-69)70-38-18-7-19-39-70)102-82-60-80-84(62-92(82)110-94-58-77(59-95(111-93)98(94)102)106(71-40-20-8-21-41-71)72-42-22-9-23-43-72)103-85-54-75(104(67-32-12-4-13-33-67)68-34-14-5-15-35-68)55-89-96(85)100(80)78-48-28-30-50-86(78)107(89)73-44-24-10-25-45-73/h4-63,103H,1-3H3/i54D,55D,56D,57D,58D,59D. The molecule has 522 valence electrons. The first kappa shape index (κ1) is 58.1. The Morgan fingerprint density at radius 1 is 0.270 bits per heavy atom. The molecule has 111 heavy (non-hydrogen) atoms. The Morgan fingerprint density at radius 3 is 1.07 bits per heavy atom. The van der Waals surface area contributed by atoms with Gasteiger partial charge < -0.3 is 44.2 Å². The third-order valence-corrected chi connectivity index (χ3v) is 22.6. The number of fused-ring (bicyclic) bond motifs is 12. The lowest BCUT2D eigenvalue weighted by Gasteiger charge is -2.46. The van der Waals surface area contributed by atoms with E-state index < -0.39 is 20.1 Å². The van der Waals surface area contributed by atoms with Crippen LogP contribution in [0.1, 0.15) is 24.9 Å². The molecular formula is C99H70B3N7O2. The normalized spacial score (nSPS) is 13.9. The molecule has 6 heterocycles. The van der Waals surface area contributed by atoms with Crippen molar-refractivity contribution in [2.75, 3.05) is 34.7 Å². The fourth-order valence-corrected chi connectivity index (χ4v) is 18.2. The SMILES string of the molecule is [2H]c1c2c3c(c([2H])c1N(c1ccccc1)c1ccccc1)N(c1ccccc1)c1ccccc1B3c1cc3c(cc1N2)Oc1c([2H])c(N(c2ccccc2)c2ccccc2)c([2H])c2c1B3c1cc3c(cc1O2)N(c1c(C)cc(C)cc1C)c1c([2H])c(N(c2ccccc2)c2ccccc2)c([2H])c2c1B3c1ccccc1N2c1ccccc1. The second-order valence-corrected chi connectivity index (χ2v) is 29.2. The number of hydrogen-bond donors (Lipinski definition) is 1. The van der Waals surface area contributed by atoms with Crippen molar-refractivity contribution in [2.45, 2.75) is 20.8 Å². The van der Waals surface area contributed by atoms with Gasteiger partial charge in [-0.15, -0.1) is 0 Å². The highest BCUT2D eigenvalue weighted by atomic mass is 16.5. The number of anilines is 20. The van der Waals surface area contributed by atoms with Crippen LogP contribution in [0.15, 0.2) is 364 Å². The molecule has 0 spiro atoms. The number of ether oxygens (including phenoxy) is 2. The Bertz CT molecular complexity index is 6650. The molecule has 0 saturated carbocycles. The van der Waals surface area contributed by atoms with Crippen LogP contribution in [0.4, 0.5) is 114 Å². The van der Waals surface area contributed by atoms with Crippen LogP contribution in [-0.2, 0) is 0 Å². The minimum Gasteiger partial charge on any atom is -0.458 e. The summed E-state index contributed by atoms with van der Waals surface area (Å²) in [5, 5.41) is 3.94. The minimum absolute atomic E-state index is 0.0166. The summed E-state index contributed by atoms with van der Waals surface area (Å²) >= 11 is 0. The van der Waals surface area contributed by atoms with Gasteiger partial charge in [0, 0.05) is 121 Å². The van der Waals surface area contributed by atoms with E-state index in [2.05, 4.69) is 155 Å². The Labute approximate surface area is 656 Å². The van der Waals surface area contributed by atoms with Gasteiger partial charge in [-0.1, -0.05) is 212 Å². The molecule has 0 atom stereocenters. The summed E-state index contributed by atoms with van der Waals surface area (Å²) in [6.07, 6.45) is 0. The van der Waals surface area contributed by atoms with Crippen molar-refractivity contribution in [3.63, 3.8) is 0 Å². The van der Waals surface area contributed by atoms with Crippen molar-refractivity contribution in [1.82, 2.24) is 0 Å². The Hall–Kier alpha value is -14.1. The third-order valence-electron chi connectivity index (χ3n) is 22.6. The number of benzene rings is 16. The largest absolute Gasteiger partial charge is 0.458 e. The van der Waals surface area contributed by atoms with Gasteiger partial charge in [0.1, 0.15) is 23.0 Å². The molecule has 12 heteroatoms. The average Bonchev–Trinajstić information content (AvgIpc) is 0.681. The predicted octanol–water partition coefficient (Wildman–Crippen LogP) is 20.2. The summed E-state index contributed by atoms with van der Waals surface area (Å²) in [6, 6.07) is 111. The lowest BCUT2D eigenvalue weighted by Crippen LogP contribution is -2.65. The minimum atomic E-state index is -0.781. The van der Waals surface area contributed by atoms with Crippen LogP contribution in [-0.4, -0.2) is 20.1 Å². The van der Waals surface area contributed by atoms with E-state index in [1.807, 2.05) is 228 Å². The molecule has 0 unspecified atom stereocenters. The molecule has 6 aliphatic heterocycles. The van der Waals surface area contributed by atoms with Crippen LogP contribution in [0.3, 0.4) is 0 Å². The second kappa shape index (κ2) is 25.5. The summed E-state index contributed by atoms with van der Waals surface area (Å²) < 4.78 is 81.7. The quantitative estimate of drug-likeness (QED) is 0.121. The maximum absolute atomic E-state index is 11.4. The first-order chi connectivity index (χ1) is 57.4. The van der Waals surface area contributed by atoms with E-state index in [1.54, 1.807) is 0 Å². The lowest BCUT2D eigenvalue weighted by molar-refractivity contribution is 0.465. The molecule has 0 fully saturated rings. The van der Waals surface area contributed by atoms with E-state index >= 15 is 0 Å². The van der Waals surface area contributed by atoms with Gasteiger partial charge in [-0.3, -0.25) is 0 Å². The number of aryl methyl sites for hydroxylation is 3. The summed E-state index contributed by atoms with van der Waals surface area (Å²) in [5.74, 6) is 1.38. The molecule has 0 bridgehead atoms. The molecule has 0 amide bonds. The topological polar surface area (TPSA) is 49.9 Å². The van der Waals surface area contributed by atoms with Gasteiger partial charge in [-0.2, -0.15) is 0 Å². The zero-order valence-corrected chi connectivity index (χ0v) is 60.9. The summed E-state index contributed by atoms with van der Waals surface area (Å²) in [6.45, 7) is 4.45. The van der Waals surface area contributed by atoms with E-state index in [4.69, 9.17) is 9.47 Å². The lowest BCUT2D eigenvalue weighted by atomic mass is 9.29. The Morgan fingerprint density at radius 2 is 0.622 bits per heavy atom. The molecule has 6 aliphatic rings. The summed E-state index contributed by atoms with van der Waals surface area (Å²) in [7, 11) is 0. The van der Waals surface area contributed by atoms with E-state index in [9.17, 15) is 8.22 Å². The van der Waals surface area contributed by atoms with Crippen LogP contribution >= 0.6 is 0 Å². The predicted molar refractivity (Wildman–Crippen MR) is 465 cm³/mol. The van der Waals surface area contributed by atoms with Crippen molar-refractivity contribution in [3.05, 3.63) is 381 Å². The molecule has 22 rings (SSSR count). The fraction of sp³-hybridized carbons (Fsp3) is 0.0303. The van der Waals surface area contributed by atoms with Gasteiger partial charge in [0.25, 0.3) is 20.1 Å². The first-order valence-electron chi connectivity index (χ1n) is 40.8. The third kappa shape index (κ3) is 10.2. The van der Waals surface area contributed by atoms with Crippen molar-refractivity contribution < 1.29 is 17.7 Å². The molecule has 0 aromatic heterocycles. The molecular weight excluding hydrogens is 1350 g/mol. The number of nitrogens with zero attached hydrogens (tertiary/aromatic N) is 6. The maximum Gasteiger partial charge on any atom is 0.260 e. The van der Waals surface area contributed by atoms with E-state index in [0.717, 1.165) is 129 Å². The van der Waals surface area contributed by atoms with Crippen molar-refractivity contribution in [1.29, 1.82) is 0 Å². The molecule has 0 radical (unpaired) electrons. The summed E-state index contributed by atoms with van der Waals surface area (Å²) in [4.78, 5) is 12.8. The fourth-order valence-electron chi connectivity index (χ4n) is 18.2. The molecule has 16 aromatic rings. The van der Waals surface area contributed by atoms with Gasteiger partial charge in [-0.05, 0) is 209 Å². The molecule has 16 aromatic carbocycles. The number of para-hydroxylation sites is 10. The molecule has 0 saturated heterocycles. The van der Waals surface area contributed by atoms with Crippen LogP contribution in [0, 0.1) is 20.8 Å². The van der Waals surface area contributed by atoms with Crippen molar-refractivity contribution in [2.24, 2.45) is 0 Å². The van der Waals surface area contributed by atoms with Gasteiger partial charge in [0.15, 0.2) is 0 Å². The Kier molecular flexibility index (Phi) is 13.4. The smallest absolute Gasteiger partial charge is 0.260 e. The van der Waals surface area contributed by atoms with E-state index in [1.165, 1.54) is 0 Å². The highest BCUT2D eigenvalue weighted by molar-refractivity contribution is 7.03. The van der Waals surface area contributed by atoms with Gasteiger partial charge >= 0.3 is 0 Å². The highest BCUT2D eigenvalue weighted by Gasteiger charge is 2.50. The highest BCUT2D eigenvalue weighted by Crippen LogP contribution is 2.53. The number of hydrogen-bond acceptors (Lipinski definition) is 9. The summed E-state index contributed by atoms with van der Waals surface area (Å²) in [5.41, 5.74) is 24.2. The van der Waals surface area contributed by atoms with Gasteiger partial charge in [-0.25, -0.2) is 0 Å². The van der Waals surface area contributed by atoms with Gasteiger partial charge in [0.2, 0.25) is 0 Å². The van der Waals surface area contributed by atoms with Crippen LogP contribution < -0.4 is 93.4 Å². The number of rotatable bonds is 12. The monoisotopic (exact) mass is 1430 g/mol. The second-order valence-electron chi connectivity index (χ2n) is 29.2. The molecule has 9 nitrogen and oxygen atoms in total. The number of nitrogens with one attached hydrogen (secondary N) is 1. The van der Waals surface area contributed by atoms with Crippen molar-refractivity contribution in [3.8, 4) is 23.0 Å². The maximum atomic E-state index is 11.4. The molecule has 0 aliphatic carbocycles. The van der Waals surface area contributed by atoms with Crippen LogP contribution in [0.25, 0.3) is 0 Å². The van der Waals surface area contributed by atoms with Crippen molar-refractivity contribution >= 4 is 183 Å². The average molecular weight is 1430 g/mol. The van der Waals surface area contributed by atoms with Gasteiger partial charge in [0.05, 0.1) is 31.0 Å². The zero-order valence-electron chi connectivity index (χ0n) is 66.9. The van der Waals surface area contributed by atoms with Crippen LogP contribution in [0.5, 0.6) is 23.0 Å². The zero-order chi connectivity index (χ0) is 78.7. The van der Waals surface area contributed by atoms with Crippen LogP contribution in [0.2, 0.25) is 0 Å². The Balaban J connectivity index is 0.842. The molecule has 1 N–H and O–H groups in total. The first-order valence-corrected chi connectivity index (χ1v) is 37.8.